The molecule has 0 atom stereocenters. The fraction of sp³-hybridized carbons (Fsp3) is 0.0385. The Balaban J connectivity index is 0.000000366. The minimum atomic E-state index is -0.292. The molecule has 0 bridgehead atoms. The molecule has 7 radical (unpaired) electrons. The molecule has 4 aromatic carbocycles. The van der Waals surface area contributed by atoms with Gasteiger partial charge in [-0.1, -0.05) is 121 Å². The largest absolute Gasteiger partial charge is 0.737 e. The Morgan fingerprint density at radius 2 is 0.931 bits per heavy atom. The smallest absolute Gasteiger partial charge is 0.0422 e. The Kier molecular flexibility index (Phi) is 17.5. The van der Waals surface area contributed by atoms with Crippen molar-refractivity contribution >= 4 is 45.0 Å². The average Bonchev–Trinajstić information content (AvgIpc) is 2.79. The first-order chi connectivity index (χ1) is 13.7. The molecule has 143 valence electrons. The molecule has 4 rings (SSSR count). The van der Waals surface area contributed by atoms with Crippen molar-refractivity contribution in [3.8, 4) is 0 Å². The molecule has 1 nitrogen and oxygen atoms in total. The van der Waals surface area contributed by atoms with Crippen LogP contribution < -0.4 is 0 Å². The molecular formula is C26H22OPbS-. The number of hydrogen-bond acceptors (Lipinski definition) is 2. The van der Waals surface area contributed by atoms with E-state index in [0.29, 0.717) is 5.56 Å². The standard InChI is InChI=1S/C8H8OS.3C6H5.Pb/c1-6-2-4-7(5-3-6)8(9)10;3*1-2-4-6-5-3-1;/h2-5H,1H3,(H,9,10);3*1-5H;/p-1. The Labute approximate surface area is 200 Å². The van der Waals surface area contributed by atoms with Crippen LogP contribution in [0.2, 0.25) is 0 Å². The van der Waals surface area contributed by atoms with Crippen LogP contribution >= 0.6 is 0 Å². The molecule has 0 amide bonds. The summed E-state index contributed by atoms with van der Waals surface area (Å²) in [6.07, 6.45) is 0. The van der Waals surface area contributed by atoms with Crippen LogP contribution in [0.4, 0.5) is 0 Å². The molecular weight excluding hydrogens is 568 g/mol. The Morgan fingerprint density at radius 3 is 1.10 bits per heavy atom. The third kappa shape index (κ3) is 16.4. The molecule has 0 spiro atoms. The van der Waals surface area contributed by atoms with Crippen molar-refractivity contribution in [1.29, 1.82) is 0 Å². The van der Waals surface area contributed by atoms with Crippen LogP contribution in [0.3, 0.4) is 0 Å². The minimum Gasteiger partial charge on any atom is -0.737 e. The van der Waals surface area contributed by atoms with Crippen molar-refractivity contribution in [3.63, 3.8) is 0 Å². The summed E-state index contributed by atoms with van der Waals surface area (Å²) in [5, 5.41) is -0.292. The van der Waals surface area contributed by atoms with Gasteiger partial charge in [0.05, 0.1) is 0 Å². The summed E-state index contributed by atoms with van der Waals surface area (Å²) in [7, 11) is 0. The van der Waals surface area contributed by atoms with Gasteiger partial charge in [-0.2, -0.15) is 0 Å². The minimum absolute atomic E-state index is 0. The predicted molar refractivity (Wildman–Crippen MR) is 124 cm³/mol. The molecule has 0 fully saturated rings. The summed E-state index contributed by atoms with van der Waals surface area (Å²) < 4.78 is 0. The normalized spacial score (nSPS) is 8.17. The van der Waals surface area contributed by atoms with Gasteiger partial charge in [0.15, 0.2) is 0 Å². The fourth-order valence-corrected chi connectivity index (χ4v) is 1.85. The SMILES string of the molecule is Cc1ccc(C(=O)[S-])cc1.[Pb].[c]1ccccc1.[c]1ccccc1.[c]1ccccc1. The van der Waals surface area contributed by atoms with Crippen molar-refractivity contribution in [2.24, 2.45) is 0 Å². The predicted octanol–water partition coefficient (Wildman–Crippen LogP) is 5.76. The van der Waals surface area contributed by atoms with E-state index in [9.17, 15) is 4.79 Å². The number of aryl methyl sites for hydroxylation is 1. The van der Waals surface area contributed by atoms with Gasteiger partial charge in [-0.05, 0) is 30.7 Å². The number of carbonyl (C=O) groups is 1. The molecule has 0 aliphatic rings. The zero-order valence-electron chi connectivity index (χ0n) is 16.3. The summed E-state index contributed by atoms with van der Waals surface area (Å²) >= 11 is 4.45. The van der Waals surface area contributed by atoms with Crippen molar-refractivity contribution in [3.05, 3.63) is 145 Å². The van der Waals surface area contributed by atoms with E-state index in [1.54, 1.807) is 12.1 Å². The van der Waals surface area contributed by atoms with E-state index in [4.69, 9.17) is 0 Å². The second-order valence-corrected chi connectivity index (χ2v) is 5.76. The number of benzene rings is 4. The maximum absolute atomic E-state index is 10.6. The van der Waals surface area contributed by atoms with Gasteiger partial charge in [0.25, 0.3) is 0 Å². The van der Waals surface area contributed by atoms with Crippen LogP contribution in [0.5, 0.6) is 0 Å². The van der Waals surface area contributed by atoms with Crippen LogP contribution in [0.25, 0.3) is 0 Å². The second-order valence-electron chi connectivity index (χ2n) is 5.39. The van der Waals surface area contributed by atoms with Crippen LogP contribution in [0.15, 0.2) is 115 Å². The van der Waals surface area contributed by atoms with Gasteiger partial charge in [-0.15, -0.1) is 0 Å². The summed E-state index contributed by atoms with van der Waals surface area (Å²) in [5.41, 5.74) is 1.74. The van der Waals surface area contributed by atoms with Gasteiger partial charge in [0, 0.05) is 32.4 Å². The summed E-state index contributed by atoms with van der Waals surface area (Å²) in [5.74, 6) is 0. The molecule has 0 N–H and O–H groups in total. The van der Waals surface area contributed by atoms with E-state index in [1.165, 1.54) is 0 Å². The van der Waals surface area contributed by atoms with Crippen molar-refractivity contribution in [1.82, 2.24) is 0 Å². The molecule has 0 saturated heterocycles. The number of rotatable bonds is 1. The maximum atomic E-state index is 10.6. The zero-order valence-corrected chi connectivity index (χ0v) is 21.0. The van der Waals surface area contributed by atoms with Gasteiger partial charge >= 0.3 is 0 Å². The summed E-state index contributed by atoms with van der Waals surface area (Å²) in [4.78, 5) is 10.6. The molecule has 3 heteroatoms. The zero-order chi connectivity index (χ0) is 20.3. The van der Waals surface area contributed by atoms with E-state index >= 15 is 0 Å². The van der Waals surface area contributed by atoms with Crippen LogP contribution in [0, 0.1) is 25.1 Å². The van der Waals surface area contributed by atoms with Crippen LogP contribution in [-0.2, 0) is 12.6 Å². The molecule has 0 unspecified atom stereocenters. The Morgan fingerprint density at radius 1 is 0.621 bits per heavy atom. The number of carbonyl (C=O) groups excluding carboxylic acids is 1. The van der Waals surface area contributed by atoms with E-state index in [0.717, 1.165) is 5.56 Å². The van der Waals surface area contributed by atoms with E-state index < -0.39 is 0 Å². The van der Waals surface area contributed by atoms with Gasteiger partial charge in [0.1, 0.15) is 0 Å². The first-order valence-corrected chi connectivity index (χ1v) is 9.12. The summed E-state index contributed by atoms with van der Waals surface area (Å²) in [6, 6.07) is 44.7. The average molecular weight is 590 g/mol. The molecule has 0 aromatic heterocycles. The molecule has 0 saturated carbocycles. The second kappa shape index (κ2) is 19.0. The molecule has 0 aliphatic heterocycles. The Hall–Kier alpha value is -2.31. The fourth-order valence-electron chi connectivity index (χ4n) is 1.72. The van der Waals surface area contributed by atoms with E-state index in [-0.39, 0.29) is 32.4 Å². The topological polar surface area (TPSA) is 17.1 Å². The van der Waals surface area contributed by atoms with Gasteiger partial charge in [0.2, 0.25) is 0 Å². The monoisotopic (exact) mass is 590 g/mol. The first kappa shape index (κ1) is 26.7. The maximum Gasteiger partial charge on any atom is 0.0422 e. The van der Waals surface area contributed by atoms with Crippen molar-refractivity contribution in [2.45, 2.75) is 6.92 Å². The van der Waals surface area contributed by atoms with Gasteiger partial charge < -0.3 is 17.4 Å². The van der Waals surface area contributed by atoms with Crippen molar-refractivity contribution < 1.29 is 4.79 Å². The number of hydrogen-bond donors (Lipinski definition) is 0. The first-order valence-electron chi connectivity index (χ1n) is 8.71. The third-order valence-corrected chi connectivity index (χ3v) is 3.34. The van der Waals surface area contributed by atoms with Crippen molar-refractivity contribution in [2.75, 3.05) is 0 Å². The van der Waals surface area contributed by atoms with Gasteiger partial charge in [-0.25, -0.2) is 0 Å². The van der Waals surface area contributed by atoms with Crippen LogP contribution in [-0.4, -0.2) is 32.4 Å². The van der Waals surface area contributed by atoms with E-state index in [2.05, 4.69) is 30.8 Å². The van der Waals surface area contributed by atoms with E-state index in [1.807, 2.05) is 110 Å². The quantitative estimate of drug-likeness (QED) is 0.208. The Bertz CT molecular complexity index is 681. The molecule has 29 heavy (non-hydrogen) atoms. The summed E-state index contributed by atoms with van der Waals surface area (Å²) in [6.45, 7) is 1.97. The third-order valence-electron chi connectivity index (χ3n) is 3.11. The molecule has 0 aliphatic carbocycles. The molecule has 0 heterocycles. The van der Waals surface area contributed by atoms with Gasteiger partial charge in [-0.3, -0.25) is 0 Å². The van der Waals surface area contributed by atoms with Crippen LogP contribution in [0.1, 0.15) is 15.9 Å². The molecule has 4 aromatic rings.